The summed E-state index contributed by atoms with van der Waals surface area (Å²) in [7, 11) is 2.80. The van der Waals surface area contributed by atoms with Crippen molar-refractivity contribution in [1.82, 2.24) is 9.66 Å². The maximum atomic E-state index is 13.7. The van der Waals surface area contributed by atoms with Crippen molar-refractivity contribution < 1.29 is 23.9 Å². The van der Waals surface area contributed by atoms with Gasteiger partial charge >= 0.3 is 11.7 Å². The van der Waals surface area contributed by atoms with Gasteiger partial charge in [-0.25, -0.2) is 9.78 Å². The van der Waals surface area contributed by atoms with Crippen molar-refractivity contribution in [3.8, 4) is 22.9 Å². The SMILES string of the molecule is COC(=O)[C@H](C)Oc1c(Br)cc(C=Nn2c(-c3cc(C(C)C)c(OC)cc3C)nc3ccccc3c2=O)cc1[N+](=O)[O-]. The third-order valence-corrected chi connectivity index (χ3v) is 7.18. The predicted molar refractivity (Wildman–Crippen MR) is 163 cm³/mol. The first-order chi connectivity index (χ1) is 20.0. The van der Waals surface area contributed by atoms with Gasteiger partial charge in [0.2, 0.25) is 5.75 Å². The van der Waals surface area contributed by atoms with E-state index in [2.05, 4.69) is 25.8 Å². The number of nitro groups is 1. The summed E-state index contributed by atoms with van der Waals surface area (Å²) in [6.07, 6.45) is 0.243. The van der Waals surface area contributed by atoms with Crippen LogP contribution in [0.1, 0.15) is 43.4 Å². The molecule has 1 heterocycles. The molecule has 0 radical (unpaired) electrons. The molecule has 0 amide bonds. The van der Waals surface area contributed by atoms with Crippen molar-refractivity contribution in [3.05, 3.63) is 90.2 Å². The van der Waals surface area contributed by atoms with Crippen LogP contribution in [0.2, 0.25) is 0 Å². The Balaban J connectivity index is 1.90. The van der Waals surface area contributed by atoms with Crippen LogP contribution in [0.15, 0.2) is 62.9 Å². The molecule has 0 saturated heterocycles. The number of methoxy groups -OCH3 is 2. The number of nitro benzene ring substituents is 1. The van der Waals surface area contributed by atoms with E-state index in [0.29, 0.717) is 27.9 Å². The molecule has 0 aliphatic rings. The Hall–Kier alpha value is -4.58. The van der Waals surface area contributed by atoms with Crippen LogP contribution in [0, 0.1) is 17.0 Å². The second-order valence-corrected chi connectivity index (χ2v) is 10.6. The molecule has 4 rings (SSSR count). The Morgan fingerprint density at radius 2 is 1.86 bits per heavy atom. The van der Waals surface area contributed by atoms with Crippen LogP contribution < -0.4 is 15.0 Å². The molecule has 3 aromatic carbocycles. The highest BCUT2D eigenvalue weighted by atomic mass is 79.9. The van der Waals surface area contributed by atoms with Crippen LogP contribution in [-0.2, 0) is 9.53 Å². The summed E-state index contributed by atoms with van der Waals surface area (Å²) >= 11 is 3.30. The van der Waals surface area contributed by atoms with E-state index in [-0.39, 0.29) is 16.1 Å². The van der Waals surface area contributed by atoms with Crippen LogP contribution in [0.5, 0.6) is 11.5 Å². The first-order valence-corrected chi connectivity index (χ1v) is 13.7. The summed E-state index contributed by atoms with van der Waals surface area (Å²) in [5, 5.41) is 16.7. The van der Waals surface area contributed by atoms with E-state index in [0.717, 1.165) is 16.9 Å². The number of benzene rings is 3. The topological polar surface area (TPSA) is 135 Å². The maximum absolute atomic E-state index is 13.7. The number of fused-ring (bicyclic) bond motifs is 1. The van der Waals surface area contributed by atoms with Gasteiger partial charge in [0.15, 0.2) is 11.9 Å². The Labute approximate surface area is 250 Å². The highest BCUT2D eigenvalue weighted by molar-refractivity contribution is 9.10. The molecule has 0 unspecified atom stereocenters. The second-order valence-electron chi connectivity index (χ2n) is 9.77. The van der Waals surface area contributed by atoms with Crippen molar-refractivity contribution in [2.75, 3.05) is 14.2 Å². The number of para-hydroxylation sites is 1. The second kappa shape index (κ2) is 12.5. The summed E-state index contributed by atoms with van der Waals surface area (Å²) in [6.45, 7) is 7.40. The largest absolute Gasteiger partial charge is 0.496 e. The Kier molecular flexibility index (Phi) is 9.05. The van der Waals surface area contributed by atoms with E-state index < -0.39 is 28.2 Å². The fourth-order valence-corrected chi connectivity index (χ4v) is 4.97. The standard InChI is InChI=1S/C30H29BrN4O7/c1-16(2)21-14-22(17(3)11-26(21)40-5)28-33-24-10-8-7-9-20(24)29(36)34(28)32-15-19-12-23(31)27(25(13-19)35(38)39)42-18(4)30(37)41-6/h7-16,18H,1-6H3/t18-/m0/s1. The highest BCUT2D eigenvalue weighted by Crippen LogP contribution is 2.37. The zero-order valence-corrected chi connectivity index (χ0v) is 25.5. The summed E-state index contributed by atoms with van der Waals surface area (Å²) in [4.78, 5) is 41.6. The lowest BCUT2D eigenvalue weighted by molar-refractivity contribution is -0.386. The summed E-state index contributed by atoms with van der Waals surface area (Å²) in [5.74, 6) is 0.328. The lowest BCUT2D eigenvalue weighted by atomic mass is 9.96. The van der Waals surface area contributed by atoms with Gasteiger partial charge < -0.3 is 14.2 Å². The predicted octanol–water partition coefficient (Wildman–Crippen LogP) is 6.00. The van der Waals surface area contributed by atoms with Gasteiger partial charge in [-0.05, 0) is 77.2 Å². The van der Waals surface area contributed by atoms with Crippen LogP contribution in [0.4, 0.5) is 5.69 Å². The number of hydrogen-bond acceptors (Lipinski definition) is 9. The van der Waals surface area contributed by atoms with E-state index in [1.807, 2.05) is 32.9 Å². The van der Waals surface area contributed by atoms with Gasteiger partial charge in [-0.1, -0.05) is 26.0 Å². The molecule has 0 aliphatic heterocycles. The normalized spacial score (nSPS) is 12.1. The molecular weight excluding hydrogens is 608 g/mol. The Bertz CT molecular complexity index is 1780. The van der Waals surface area contributed by atoms with Crippen LogP contribution in [0.25, 0.3) is 22.3 Å². The average Bonchev–Trinajstić information content (AvgIpc) is 2.96. The minimum absolute atomic E-state index is 0.129. The first-order valence-electron chi connectivity index (χ1n) is 12.9. The van der Waals surface area contributed by atoms with E-state index in [9.17, 15) is 19.7 Å². The Morgan fingerprint density at radius 3 is 2.50 bits per heavy atom. The van der Waals surface area contributed by atoms with Crippen LogP contribution in [0.3, 0.4) is 0 Å². The number of nitrogens with zero attached hydrogens (tertiary/aromatic N) is 4. The number of carbonyl (C=O) groups is 1. The minimum Gasteiger partial charge on any atom is -0.496 e. The fraction of sp³-hybridized carbons (Fsp3) is 0.267. The number of ether oxygens (including phenoxy) is 3. The van der Waals surface area contributed by atoms with E-state index >= 15 is 0 Å². The first kappa shape index (κ1) is 30.4. The number of halogens is 1. The van der Waals surface area contributed by atoms with Crippen LogP contribution >= 0.6 is 15.9 Å². The number of hydrogen-bond donors (Lipinski definition) is 0. The third-order valence-electron chi connectivity index (χ3n) is 6.59. The fourth-order valence-electron chi connectivity index (χ4n) is 4.41. The van der Waals surface area contributed by atoms with Gasteiger partial charge in [0, 0.05) is 17.2 Å². The molecule has 0 bridgehead atoms. The van der Waals surface area contributed by atoms with Crippen molar-refractivity contribution >= 4 is 44.7 Å². The molecule has 1 aromatic heterocycles. The number of rotatable bonds is 9. The van der Waals surface area contributed by atoms with Crippen molar-refractivity contribution in [2.24, 2.45) is 5.10 Å². The Morgan fingerprint density at radius 1 is 1.14 bits per heavy atom. The maximum Gasteiger partial charge on any atom is 0.346 e. The zero-order valence-electron chi connectivity index (χ0n) is 23.9. The summed E-state index contributed by atoms with van der Waals surface area (Å²) < 4.78 is 17.2. The third kappa shape index (κ3) is 6.03. The number of aryl methyl sites for hydroxylation is 1. The molecule has 11 nitrogen and oxygen atoms in total. The van der Waals surface area contributed by atoms with Crippen molar-refractivity contribution in [2.45, 2.75) is 39.7 Å². The summed E-state index contributed by atoms with van der Waals surface area (Å²) in [6, 6.07) is 13.6. The molecule has 0 aliphatic carbocycles. The summed E-state index contributed by atoms with van der Waals surface area (Å²) in [5.41, 5.74) is 2.44. The monoisotopic (exact) mass is 636 g/mol. The van der Waals surface area contributed by atoms with Gasteiger partial charge in [0.05, 0.1) is 40.7 Å². The molecule has 4 aromatic rings. The number of esters is 1. The highest BCUT2D eigenvalue weighted by Gasteiger charge is 2.25. The smallest absolute Gasteiger partial charge is 0.346 e. The van der Waals surface area contributed by atoms with E-state index in [1.54, 1.807) is 31.4 Å². The average molecular weight is 637 g/mol. The zero-order chi connectivity index (χ0) is 30.7. The quantitative estimate of drug-likeness (QED) is 0.0945. The van der Waals surface area contributed by atoms with Gasteiger partial charge in [-0.3, -0.25) is 14.9 Å². The van der Waals surface area contributed by atoms with Gasteiger partial charge in [0.1, 0.15) is 5.75 Å². The molecule has 0 spiro atoms. The lowest BCUT2D eigenvalue weighted by Gasteiger charge is -2.17. The molecule has 12 heteroatoms. The molecule has 42 heavy (non-hydrogen) atoms. The minimum atomic E-state index is -1.09. The molecular formula is C30H29BrN4O7. The van der Waals surface area contributed by atoms with Gasteiger partial charge in [-0.15, -0.1) is 0 Å². The molecule has 0 saturated carbocycles. The van der Waals surface area contributed by atoms with Gasteiger partial charge in [0.25, 0.3) is 5.56 Å². The van der Waals surface area contributed by atoms with Crippen molar-refractivity contribution in [3.63, 3.8) is 0 Å². The van der Waals surface area contributed by atoms with Crippen molar-refractivity contribution in [1.29, 1.82) is 0 Å². The molecule has 1 atom stereocenters. The lowest BCUT2D eigenvalue weighted by Crippen LogP contribution is -2.25. The number of aromatic nitrogens is 2. The van der Waals surface area contributed by atoms with Gasteiger partial charge in [-0.2, -0.15) is 9.78 Å². The molecule has 0 fully saturated rings. The van der Waals surface area contributed by atoms with E-state index in [4.69, 9.17) is 14.5 Å². The molecule has 218 valence electrons. The molecule has 0 N–H and O–H groups in total. The number of carbonyl (C=O) groups excluding carboxylic acids is 1. The van der Waals surface area contributed by atoms with E-state index in [1.165, 1.54) is 37.1 Å². The van der Waals surface area contributed by atoms with Crippen LogP contribution in [-0.4, -0.2) is 47.1 Å².